The maximum atomic E-state index is 10.9. The van der Waals surface area contributed by atoms with Crippen LogP contribution in [-0.2, 0) is 0 Å². The summed E-state index contributed by atoms with van der Waals surface area (Å²) in [4.78, 5) is 12.5. The molecule has 2 N–H and O–H groups in total. The first-order valence-electron chi connectivity index (χ1n) is 7.31. The molecule has 0 aromatic carbocycles. The summed E-state index contributed by atoms with van der Waals surface area (Å²) in [5, 5.41) is 13.4. The number of carbonyl (C=O) groups is 1. The van der Waals surface area contributed by atoms with Gasteiger partial charge < -0.3 is 15.4 Å². The largest absolute Gasteiger partial charge is 0.465 e. The van der Waals surface area contributed by atoms with Gasteiger partial charge in [0.25, 0.3) is 0 Å². The Kier molecular flexibility index (Phi) is 5.68. The second-order valence-corrected chi connectivity index (χ2v) is 6.93. The number of allylic oxidation sites excluding steroid dienone is 2. The van der Waals surface area contributed by atoms with Crippen molar-refractivity contribution in [1.29, 1.82) is 0 Å². The molecule has 120 valence electrons. The molecule has 0 atom stereocenters. The van der Waals surface area contributed by atoms with Gasteiger partial charge in [0.15, 0.2) is 0 Å². The third kappa shape index (κ3) is 4.92. The van der Waals surface area contributed by atoms with Crippen LogP contribution < -0.4 is 5.43 Å². The van der Waals surface area contributed by atoms with Crippen molar-refractivity contribution >= 4 is 24.2 Å². The highest BCUT2D eigenvalue weighted by atomic mass is 35.5. The van der Waals surface area contributed by atoms with Crippen molar-refractivity contribution in [3.05, 3.63) is 12.2 Å². The van der Waals surface area contributed by atoms with Crippen molar-refractivity contribution in [1.82, 2.24) is 10.3 Å². The maximum Gasteiger partial charge on any atom is 0.407 e. The molecule has 1 heterocycles. The molecule has 0 unspecified atom stereocenters. The van der Waals surface area contributed by atoms with E-state index < -0.39 is 6.09 Å². The average molecular weight is 316 g/mol. The van der Waals surface area contributed by atoms with Crippen molar-refractivity contribution in [2.75, 3.05) is 13.1 Å². The average Bonchev–Trinajstić information content (AvgIpc) is 2.38. The van der Waals surface area contributed by atoms with E-state index in [1.165, 1.54) is 4.90 Å². The summed E-state index contributed by atoms with van der Waals surface area (Å²) in [6.07, 6.45) is 7.45. The summed E-state index contributed by atoms with van der Waals surface area (Å²) in [6.45, 7) is 7.56. The summed E-state index contributed by atoms with van der Waals surface area (Å²) >= 11 is 0. The van der Waals surface area contributed by atoms with E-state index in [4.69, 9.17) is 5.11 Å². The lowest BCUT2D eigenvalue weighted by atomic mass is 9.71. The van der Waals surface area contributed by atoms with Crippen LogP contribution in [-0.4, -0.2) is 40.4 Å². The van der Waals surface area contributed by atoms with Gasteiger partial charge in [0.1, 0.15) is 0 Å². The van der Waals surface area contributed by atoms with Crippen LogP contribution in [0.3, 0.4) is 0 Å². The van der Waals surface area contributed by atoms with Crippen LogP contribution in [0.1, 0.15) is 46.5 Å². The molecule has 0 aromatic rings. The zero-order valence-electron chi connectivity index (χ0n) is 13.1. The number of amides is 1. The van der Waals surface area contributed by atoms with Crippen molar-refractivity contribution < 1.29 is 9.90 Å². The Balaban J connectivity index is 0.00000220. The highest BCUT2D eigenvalue weighted by Crippen LogP contribution is 2.40. The molecular formula is C15H26ClN3O2. The first-order chi connectivity index (χ1) is 9.30. The van der Waals surface area contributed by atoms with E-state index in [1.54, 1.807) is 0 Å². The molecule has 0 saturated carbocycles. The lowest BCUT2D eigenvalue weighted by molar-refractivity contribution is 0.105. The van der Waals surface area contributed by atoms with Crippen LogP contribution in [0, 0.1) is 5.41 Å². The first kappa shape index (κ1) is 17.8. The standard InChI is InChI=1S/C15H25N3O2.ClH/c1-14(2,3)17-16-12-4-6-15(7-5-12)8-10-18(11-9-15)13(19)20;/h4,6,17H,5,7-11H2,1-3H3,(H,19,20);1H. The molecular weight excluding hydrogens is 290 g/mol. The fraction of sp³-hybridized carbons (Fsp3) is 0.733. The SMILES string of the molecule is CC(C)(C)NN=C1C=CC2(CC1)CCN(C(=O)O)CC2.Cl. The Morgan fingerprint density at radius 3 is 2.38 bits per heavy atom. The predicted octanol–water partition coefficient (Wildman–Crippen LogP) is 3.26. The molecule has 1 fully saturated rings. The number of nitrogens with one attached hydrogen (secondary N) is 1. The van der Waals surface area contributed by atoms with Crippen LogP contribution in [0.5, 0.6) is 0 Å². The number of nitrogens with zero attached hydrogens (tertiary/aromatic N) is 2. The van der Waals surface area contributed by atoms with Crippen LogP contribution >= 0.6 is 12.4 Å². The van der Waals surface area contributed by atoms with Gasteiger partial charge in [-0.25, -0.2) is 4.79 Å². The minimum Gasteiger partial charge on any atom is -0.465 e. The van der Waals surface area contributed by atoms with E-state index in [9.17, 15) is 4.79 Å². The van der Waals surface area contributed by atoms with Gasteiger partial charge in [0.2, 0.25) is 0 Å². The van der Waals surface area contributed by atoms with Gasteiger partial charge in [0, 0.05) is 18.6 Å². The summed E-state index contributed by atoms with van der Waals surface area (Å²) in [7, 11) is 0. The molecule has 0 radical (unpaired) electrons. The molecule has 6 heteroatoms. The third-order valence-electron chi connectivity index (χ3n) is 4.07. The fourth-order valence-corrected chi connectivity index (χ4v) is 2.71. The minimum atomic E-state index is -0.795. The molecule has 5 nitrogen and oxygen atoms in total. The summed E-state index contributed by atoms with van der Waals surface area (Å²) in [5.41, 5.74) is 4.42. The Morgan fingerprint density at radius 2 is 1.95 bits per heavy atom. The molecule has 1 spiro atoms. The van der Waals surface area contributed by atoms with E-state index >= 15 is 0 Å². The second-order valence-electron chi connectivity index (χ2n) is 6.93. The van der Waals surface area contributed by atoms with E-state index in [0.29, 0.717) is 13.1 Å². The van der Waals surface area contributed by atoms with Gasteiger partial charge >= 0.3 is 6.09 Å². The second kappa shape index (κ2) is 6.69. The third-order valence-corrected chi connectivity index (χ3v) is 4.07. The van der Waals surface area contributed by atoms with Crippen molar-refractivity contribution in [2.24, 2.45) is 10.5 Å². The van der Waals surface area contributed by atoms with Gasteiger partial charge in [-0.1, -0.05) is 6.08 Å². The van der Waals surface area contributed by atoms with E-state index in [0.717, 1.165) is 31.4 Å². The fourth-order valence-electron chi connectivity index (χ4n) is 2.71. The van der Waals surface area contributed by atoms with Crippen LogP contribution in [0.15, 0.2) is 17.3 Å². The van der Waals surface area contributed by atoms with Crippen LogP contribution in [0.2, 0.25) is 0 Å². The number of piperidine rings is 1. The molecule has 2 aliphatic rings. The molecule has 1 amide bonds. The number of rotatable bonds is 1. The number of carboxylic acid groups (broad SMARTS) is 1. The Morgan fingerprint density at radius 1 is 1.33 bits per heavy atom. The Bertz CT molecular complexity index is 433. The van der Waals surface area contributed by atoms with Crippen molar-refractivity contribution in [3.8, 4) is 0 Å². The highest BCUT2D eigenvalue weighted by Gasteiger charge is 2.35. The Labute approximate surface area is 132 Å². The first-order valence-corrected chi connectivity index (χ1v) is 7.31. The molecule has 21 heavy (non-hydrogen) atoms. The number of halogens is 1. The lowest BCUT2D eigenvalue weighted by Gasteiger charge is -2.40. The topological polar surface area (TPSA) is 64.9 Å². The summed E-state index contributed by atoms with van der Waals surface area (Å²) in [6, 6.07) is 0. The zero-order chi connectivity index (χ0) is 14.8. The van der Waals surface area contributed by atoms with Crippen LogP contribution in [0.4, 0.5) is 4.79 Å². The zero-order valence-corrected chi connectivity index (χ0v) is 13.9. The Hall–Kier alpha value is -1.23. The lowest BCUT2D eigenvalue weighted by Crippen LogP contribution is -2.42. The van der Waals surface area contributed by atoms with Gasteiger partial charge in [-0.2, -0.15) is 5.10 Å². The normalized spacial score (nSPS) is 23.0. The molecule has 2 rings (SSSR count). The number of hydrogen-bond acceptors (Lipinski definition) is 3. The summed E-state index contributed by atoms with van der Waals surface area (Å²) < 4.78 is 0. The van der Waals surface area contributed by atoms with Gasteiger partial charge in [0.05, 0.1) is 5.71 Å². The van der Waals surface area contributed by atoms with Crippen LogP contribution in [0.25, 0.3) is 0 Å². The number of hydrogen-bond donors (Lipinski definition) is 2. The number of hydrazone groups is 1. The maximum absolute atomic E-state index is 10.9. The van der Waals surface area contributed by atoms with Gasteiger partial charge in [-0.15, -0.1) is 12.4 Å². The molecule has 1 saturated heterocycles. The summed E-state index contributed by atoms with van der Waals surface area (Å²) in [5.74, 6) is 0. The van der Waals surface area contributed by atoms with Crippen molar-refractivity contribution in [2.45, 2.75) is 52.0 Å². The van der Waals surface area contributed by atoms with E-state index in [1.807, 2.05) is 0 Å². The number of likely N-dealkylation sites (tertiary alicyclic amines) is 1. The molecule has 0 bridgehead atoms. The van der Waals surface area contributed by atoms with Gasteiger partial charge in [-0.05, 0) is 57.9 Å². The minimum absolute atomic E-state index is 0. The smallest absolute Gasteiger partial charge is 0.407 e. The van der Waals surface area contributed by atoms with E-state index in [2.05, 4.69) is 43.5 Å². The monoisotopic (exact) mass is 315 g/mol. The quantitative estimate of drug-likeness (QED) is 0.730. The molecule has 1 aliphatic heterocycles. The van der Waals surface area contributed by atoms with E-state index in [-0.39, 0.29) is 23.4 Å². The van der Waals surface area contributed by atoms with Gasteiger partial charge in [-0.3, -0.25) is 0 Å². The predicted molar refractivity (Wildman–Crippen MR) is 87.2 cm³/mol. The molecule has 1 aliphatic carbocycles. The van der Waals surface area contributed by atoms with Crippen molar-refractivity contribution in [3.63, 3.8) is 0 Å². The highest BCUT2D eigenvalue weighted by molar-refractivity contribution is 5.95. The molecule has 0 aromatic heterocycles.